The van der Waals surface area contributed by atoms with Gasteiger partial charge in [0.15, 0.2) is 0 Å². The van der Waals surface area contributed by atoms with Gasteiger partial charge in [0.1, 0.15) is 0 Å². The average Bonchev–Trinajstić information content (AvgIpc) is 2.69. The van der Waals surface area contributed by atoms with Crippen LogP contribution >= 0.6 is 0 Å². The normalized spacial score (nSPS) is 22.4. The van der Waals surface area contributed by atoms with Crippen LogP contribution in [0.4, 0.5) is 0 Å². The van der Waals surface area contributed by atoms with Gasteiger partial charge in [-0.3, -0.25) is 4.90 Å². The van der Waals surface area contributed by atoms with Crippen LogP contribution < -0.4 is 11.1 Å². The Balaban J connectivity index is 2.09. The van der Waals surface area contributed by atoms with Crippen molar-refractivity contribution in [3.05, 3.63) is 0 Å². The largest absolute Gasteiger partial charge is 0.330 e. The van der Waals surface area contributed by atoms with Crippen LogP contribution in [0.5, 0.6) is 0 Å². The summed E-state index contributed by atoms with van der Waals surface area (Å²) in [4.78, 5) is 2.55. The van der Waals surface area contributed by atoms with E-state index >= 15 is 0 Å². The monoisotopic (exact) mass is 213 g/mol. The molecule has 3 heteroatoms. The zero-order chi connectivity index (χ0) is 10.9. The van der Waals surface area contributed by atoms with Gasteiger partial charge in [0, 0.05) is 6.54 Å². The van der Waals surface area contributed by atoms with Gasteiger partial charge in [-0.15, -0.1) is 0 Å². The highest BCUT2D eigenvalue weighted by atomic mass is 15.3. The van der Waals surface area contributed by atoms with Crippen molar-refractivity contribution in [2.75, 3.05) is 26.2 Å². The third kappa shape index (κ3) is 4.96. The smallest absolute Gasteiger partial charge is 0.0597 e. The molecule has 0 aliphatic carbocycles. The maximum Gasteiger partial charge on any atom is 0.0597 e. The minimum atomic E-state index is 0.633. The molecule has 1 saturated heterocycles. The van der Waals surface area contributed by atoms with E-state index < -0.39 is 0 Å². The number of unbranched alkanes of at least 4 members (excludes halogenated alkanes) is 2. The van der Waals surface area contributed by atoms with E-state index in [-0.39, 0.29) is 0 Å². The van der Waals surface area contributed by atoms with Gasteiger partial charge in [-0.2, -0.15) is 0 Å². The first kappa shape index (κ1) is 12.9. The summed E-state index contributed by atoms with van der Waals surface area (Å²) in [5.74, 6) is 0. The van der Waals surface area contributed by atoms with Crippen LogP contribution in [0.25, 0.3) is 0 Å². The molecule has 0 aromatic heterocycles. The molecule has 1 unspecified atom stereocenters. The van der Waals surface area contributed by atoms with Gasteiger partial charge in [0.05, 0.1) is 6.17 Å². The molecule has 0 aromatic rings. The lowest BCUT2D eigenvalue weighted by Crippen LogP contribution is -2.42. The molecule has 0 saturated carbocycles. The fraction of sp³-hybridized carbons (Fsp3) is 1.00. The molecule has 1 fully saturated rings. The first-order chi connectivity index (χ1) is 7.38. The molecule has 1 aliphatic rings. The SMILES string of the molecule is CCCCCNC1CCCN1CCCN. The second-order valence-corrected chi connectivity index (χ2v) is 4.50. The molecule has 1 heterocycles. The molecule has 1 rings (SSSR count). The number of hydrogen-bond donors (Lipinski definition) is 2. The lowest BCUT2D eigenvalue weighted by molar-refractivity contribution is 0.216. The summed E-state index contributed by atoms with van der Waals surface area (Å²) in [7, 11) is 0. The third-order valence-electron chi connectivity index (χ3n) is 3.17. The van der Waals surface area contributed by atoms with Gasteiger partial charge >= 0.3 is 0 Å². The van der Waals surface area contributed by atoms with Crippen LogP contribution in [0.15, 0.2) is 0 Å². The average molecular weight is 213 g/mol. The van der Waals surface area contributed by atoms with E-state index in [1.165, 1.54) is 51.7 Å². The molecule has 0 radical (unpaired) electrons. The molecule has 0 bridgehead atoms. The van der Waals surface area contributed by atoms with Gasteiger partial charge in [-0.1, -0.05) is 19.8 Å². The molecule has 1 aliphatic heterocycles. The Bertz CT molecular complexity index is 150. The van der Waals surface area contributed by atoms with E-state index in [4.69, 9.17) is 5.73 Å². The van der Waals surface area contributed by atoms with Crippen molar-refractivity contribution in [1.82, 2.24) is 10.2 Å². The first-order valence-corrected chi connectivity index (χ1v) is 6.56. The van der Waals surface area contributed by atoms with Crippen molar-refractivity contribution < 1.29 is 0 Å². The van der Waals surface area contributed by atoms with Crippen LogP contribution in [-0.2, 0) is 0 Å². The quantitative estimate of drug-likeness (QED) is 0.601. The van der Waals surface area contributed by atoms with E-state index in [9.17, 15) is 0 Å². The first-order valence-electron chi connectivity index (χ1n) is 6.56. The Morgan fingerprint density at radius 3 is 2.93 bits per heavy atom. The van der Waals surface area contributed by atoms with Crippen molar-refractivity contribution in [3.63, 3.8) is 0 Å². The third-order valence-corrected chi connectivity index (χ3v) is 3.17. The Hall–Kier alpha value is -0.120. The van der Waals surface area contributed by atoms with E-state index in [0.717, 1.165) is 13.0 Å². The van der Waals surface area contributed by atoms with Crippen molar-refractivity contribution in [3.8, 4) is 0 Å². The van der Waals surface area contributed by atoms with Crippen LogP contribution in [0.3, 0.4) is 0 Å². The second kappa shape index (κ2) is 8.08. The van der Waals surface area contributed by atoms with Crippen molar-refractivity contribution in [2.45, 2.75) is 51.6 Å². The van der Waals surface area contributed by atoms with Crippen molar-refractivity contribution >= 4 is 0 Å². The molecule has 90 valence electrons. The molecule has 0 aromatic carbocycles. The summed E-state index contributed by atoms with van der Waals surface area (Å²) in [6, 6.07) is 0. The zero-order valence-corrected chi connectivity index (χ0v) is 10.2. The maximum atomic E-state index is 5.54. The lowest BCUT2D eigenvalue weighted by Gasteiger charge is -2.25. The summed E-state index contributed by atoms with van der Waals surface area (Å²) in [6.45, 7) is 6.67. The minimum Gasteiger partial charge on any atom is -0.330 e. The van der Waals surface area contributed by atoms with E-state index in [0.29, 0.717) is 6.17 Å². The number of nitrogens with zero attached hydrogens (tertiary/aromatic N) is 1. The number of nitrogens with two attached hydrogens (primary N) is 1. The van der Waals surface area contributed by atoms with Gasteiger partial charge in [-0.05, 0) is 45.3 Å². The van der Waals surface area contributed by atoms with Crippen LogP contribution in [0.2, 0.25) is 0 Å². The van der Waals surface area contributed by atoms with Gasteiger partial charge < -0.3 is 11.1 Å². The predicted octanol–water partition coefficient (Wildman–Crippen LogP) is 1.54. The predicted molar refractivity (Wildman–Crippen MR) is 65.8 cm³/mol. The summed E-state index contributed by atoms with van der Waals surface area (Å²) in [5, 5.41) is 3.66. The number of rotatable bonds is 8. The Kier molecular flexibility index (Phi) is 6.98. The molecule has 1 atom stereocenters. The Labute approximate surface area is 94.4 Å². The fourth-order valence-corrected chi connectivity index (χ4v) is 2.26. The maximum absolute atomic E-state index is 5.54. The molecular formula is C12H27N3. The van der Waals surface area contributed by atoms with Crippen LogP contribution in [0.1, 0.15) is 45.4 Å². The molecule has 3 N–H and O–H groups in total. The van der Waals surface area contributed by atoms with Crippen LogP contribution in [-0.4, -0.2) is 37.2 Å². The molecular weight excluding hydrogens is 186 g/mol. The second-order valence-electron chi connectivity index (χ2n) is 4.50. The number of hydrogen-bond acceptors (Lipinski definition) is 3. The van der Waals surface area contributed by atoms with Crippen molar-refractivity contribution in [1.29, 1.82) is 0 Å². The van der Waals surface area contributed by atoms with Gasteiger partial charge in [-0.25, -0.2) is 0 Å². The van der Waals surface area contributed by atoms with Gasteiger partial charge in [0.2, 0.25) is 0 Å². The molecule has 0 amide bonds. The minimum absolute atomic E-state index is 0.633. The molecule has 3 nitrogen and oxygen atoms in total. The van der Waals surface area contributed by atoms with Crippen molar-refractivity contribution in [2.24, 2.45) is 5.73 Å². The van der Waals surface area contributed by atoms with Crippen LogP contribution in [0, 0.1) is 0 Å². The number of nitrogens with one attached hydrogen (secondary N) is 1. The Morgan fingerprint density at radius 1 is 1.33 bits per heavy atom. The topological polar surface area (TPSA) is 41.3 Å². The summed E-state index contributed by atoms with van der Waals surface area (Å²) >= 11 is 0. The van der Waals surface area contributed by atoms with E-state index in [1.54, 1.807) is 0 Å². The highest BCUT2D eigenvalue weighted by Gasteiger charge is 2.22. The summed E-state index contributed by atoms with van der Waals surface area (Å²) in [5.41, 5.74) is 5.54. The fourth-order valence-electron chi connectivity index (χ4n) is 2.26. The highest BCUT2D eigenvalue weighted by molar-refractivity contribution is 4.77. The van der Waals surface area contributed by atoms with E-state index in [2.05, 4.69) is 17.1 Å². The molecule has 0 spiro atoms. The van der Waals surface area contributed by atoms with Gasteiger partial charge in [0.25, 0.3) is 0 Å². The highest BCUT2D eigenvalue weighted by Crippen LogP contribution is 2.14. The standard InChI is InChI=1S/C12H27N3/c1-2-3-4-9-14-12-7-5-10-15(12)11-6-8-13/h12,14H,2-11,13H2,1H3. The summed E-state index contributed by atoms with van der Waals surface area (Å²) in [6.07, 6.45) is 8.40. The number of likely N-dealkylation sites (tertiary alicyclic amines) is 1. The molecule has 15 heavy (non-hydrogen) atoms. The lowest BCUT2D eigenvalue weighted by atomic mass is 10.2. The van der Waals surface area contributed by atoms with E-state index in [1.807, 2.05) is 0 Å². The summed E-state index contributed by atoms with van der Waals surface area (Å²) < 4.78 is 0. The zero-order valence-electron chi connectivity index (χ0n) is 10.2. The Morgan fingerprint density at radius 2 is 2.20 bits per heavy atom.